The molecular formula is C18H26N2O5S. The van der Waals surface area contributed by atoms with Gasteiger partial charge in [0.1, 0.15) is 10.6 Å². The molecule has 1 aromatic carbocycles. The zero-order chi connectivity index (χ0) is 18.7. The molecule has 2 aliphatic rings. The van der Waals surface area contributed by atoms with Crippen LogP contribution in [0.1, 0.15) is 18.4 Å². The standard InChI is InChI=1S/C18H26N2O5S/c1-14-5-6-16(24-2)17(12-14)26(22,23)20-7-3-4-15(13-20)18(21)19-8-10-25-11-9-19/h5-6,12,15H,3-4,7-11,13H2,1-2H3/t15-/m1/s1. The molecule has 0 radical (unpaired) electrons. The maximum atomic E-state index is 13.2. The van der Waals surface area contributed by atoms with Gasteiger partial charge in [0, 0.05) is 26.2 Å². The van der Waals surface area contributed by atoms with Crippen molar-refractivity contribution >= 4 is 15.9 Å². The number of sulfonamides is 1. The Bertz CT molecular complexity index is 759. The van der Waals surface area contributed by atoms with E-state index in [4.69, 9.17) is 9.47 Å². The third kappa shape index (κ3) is 3.87. The van der Waals surface area contributed by atoms with Crippen LogP contribution in [0.2, 0.25) is 0 Å². The fourth-order valence-corrected chi connectivity index (χ4v) is 5.29. The van der Waals surface area contributed by atoms with Gasteiger partial charge in [-0.25, -0.2) is 8.42 Å². The summed E-state index contributed by atoms with van der Waals surface area (Å²) < 4.78 is 38.3. The lowest BCUT2D eigenvalue weighted by Crippen LogP contribution is -2.49. The zero-order valence-corrected chi connectivity index (χ0v) is 16.1. The van der Waals surface area contributed by atoms with Gasteiger partial charge in [0.25, 0.3) is 0 Å². The number of carbonyl (C=O) groups excluding carboxylic acids is 1. The van der Waals surface area contributed by atoms with Crippen molar-refractivity contribution in [1.82, 2.24) is 9.21 Å². The molecule has 0 saturated carbocycles. The van der Waals surface area contributed by atoms with Gasteiger partial charge >= 0.3 is 0 Å². The minimum atomic E-state index is -3.71. The van der Waals surface area contributed by atoms with Crippen LogP contribution in [-0.4, -0.2) is 70.0 Å². The number of hydrogen-bond donors (Lipinski definition) is 0. The SMILES string of the molecule is COc1ccc(C)cc1S(=O)(=O)N1CCC[C@@H](C(=O)N2CCOCC2)C1. The van der Waals surface area contributed by atoms with E-state index in [2.05, 4.69) is 0 Å². The predicted molar refractivity (Wildman–Crippen MR) is 96.6 cm³/mol. The van der Waals surface area contributed by atoms with Crippen LogP contribution in [0.4, 0.5) is 0 Å². The van der Waals surface area contributed by atoms with E-state index in [9.17, 15) is 13.2 Å². The van der Waals surface area contributed by atoms with Crippen molar-refractivity contribution in [1.29, 1.82) is 0 Å². The summed E-state index contributed by atoms with van der Waals surface area (Å²) in [5.74, 6) is 0.0639. The van der Waals surface area contributed by atoms with Gasteiger partial charge in [-0.3, -0.25) is 4.79 Å². The fourth-order valence-electron chi connectivity index (χ4n) is 3.53. The maximum Gasteiger partial charge on any atom is 0.246 e. The summed E-state index contributed by atoms with van der Waals surface area (Å²) in [6.07, 6.45) is 1.39. The number of ether oxygens (including phenoxy) is 2. The van der Waals surface area contributed by atoms with Gasteiger partial charge in [-0.15, -0.1) is 0 Å². The molecule has 1 amide bonds. The highest BCUT2D eigenvalue weighted by atomic mass is 32.2. The number of carbonyl (C=O) groups is 1. The van der Waals surface area contributed by atoms with E-state index in [1.807, 2.05) is 13.0 Å². The minimum absolute atomic E-state index is 0.0319. The van der Waals surface area contributed by atoms with Crippen molar-refractivity contribution in [3.63, 3.8) is 0 Å². The van der Waals surface area contributed by atoms with E-state index in [0.29, 0.717) is 51.4 Å². The first-order valence-electron chi connectivity index (χ1n) is 8.95. The molecule has 2 heterocycles. The Balaban J connectivity index is 1.80. The number of piperidine rings is 1. The summed E-state index contributed by atoms with van der Waals surface area (Å²) in [6, 6.07) is 5.11. The van der Waals surface area contributed by atoms with E-state index >= 15 is 0 Å². The normalized spacial score (nSPS) is 22.2. The monoisotopic (exact) mass is 382 g/mol. The smallest absolute Gasteiger partial charge is 0.246 e. The summed E-state index contributed by atoms with van der Waals surface area (Å²) in [5, 5.41) is 0. The van der Waals surface area contributed by atoms with Gasteiger partial charge in [-0.05, 0) is 37.5 Å². The third-order valence-corrected chi connectivity index (χ3v) is 6.88. The average molecular weight is 382 g/mol. The van der Waals surface area contributed by atoms with Crippen molar-refractivity contribution < 1.29 is 22.7 Å². The van der Waals surface area contributed by atoms with E-state index in [1.54, 1.807) is 17.0 Å². The van der Waals surface area contributed by atoms with E-state index in [0.717, 1.165) is 5.56 Å². The summed E-state index contributed by atoms with van der Waals surface area (Å²) in [5.41, 5.74) is 0.849. The fraction of sp³-hybridized carbons (Fsp3) is 0.611. The molecule has 0 unspecified atom stereocenters. The molecule has 0 N–H and O–H groups in total. The average Bonchev–Trinajstić information content (AvgIpc) is 2.68. The Hall–Kier alpha value is -1.64. The molecule has 2 aliphatic heterocycles. The lowest BCUT2D eigenvalue weighted by Gasteiger charge is -2.35. The van der Waals surface area contributed by atoms with Crippen LogP contribution in [-0.2, 0) is 19.6 Å². The number of methoxy groups -OCH3 is 1. The quantitative estimate of drug-likeness (QED) is 0.784. The Labute approximate surface area is 154 Å². The second-order valence-electron chi connectivity index (χ2n) is 6.79. The van der Waals surface area contributed by atoms with Crippen LogP contribution in [0, 0.1) is 12.8 Å². The van der Waals surface area contributed by atoms with E-state index in [-0.39, 0.29) is 23.3 Å². The van der Waals surface area contributed by atoms with Gasteiger partial charge in [0.2, 0.25) is 15.9 Å². The van der Waals surface area contributed by atoms with Crippen LogP contribution in [0.3, 0.4) is 0 Å². The van der Waals surface area contributed by atoms with E-state index in [1.165, 1.54) is 11.4 Å². The first-order valence-corrected chi connectivity index (χ1v) is 10.4. The van der Waals surface area contributed by atoms with Gasteiger partial charge in [0.15, 0.2) is 0 Å². The van der Waals surface area contributed by atoms with Crippen LogP contribution in [0.25, 0.3) is 0 Å². The van der Waals surface area contributed by atoms with Gasteiger partial charge in [-0.1, -0.05) is 6.07 Å². The topological polar surface area (TPSA) is 76.2 Å². The first-order chi connectivity index (χ1) is 12.4. The Morgan fingerprint density at radius 2 is 1.96 bits per heavy atom. The Morgan fingerprint density at radius 1 is 1.23 bits per heavy atom. The molecule has 0 aliphatic carbocycles. The number of hydrogen-bond acceptors (Lipinski definition) is 5. The zero-order valence-electron chi connectivity index (χ0n) is 15.3. The molecule has 26 heavy (non-hydrogen) atoms. The number of aryl methyl sites for hydroxylation is 1. The second-order valence-corrected chi connectivity index (χ2v) is 8.70. The Kier molecular flexibility index (Phi) is 5.84. The maximum absolute atomic E-state index is 13.2. The molecule has 8 heteroatoms. The lowest BCUT2D eigenvalue weighted by atomic mass is 9.98. The molecule has 0 spiro atoms. The Morgan fingerprint density at radius 3 is 2.65 bits per heavy atom. The number of benzene rings is 1. The van der Waals surface area contributed by atoms with E-state index < -0.39 is 10.0 Å². The van der Waals surface area contributed by atoms with Crippen LogP contribution in [0.5, 0.6) is 5.75 Å². The largest absolute Gasteiger partial charge is 0.495 e. The minimum Gasteiger partial charge on any atom is -0.495 e. The molecule has 3 rings (SSSR count). The molecule has 7 nitrogen and oxygen atoms in total. The van der Waals surface area contributed by atoms with Crippen molar-refractivity contribution in [3.05, 3.63) is 23.8 Å². The summed E-state index contributed by atoms with van der Waals surface area (Å²) in [4.78, 5) is 14.7. The molecule has 0 aromatic heterocycles. The number of nitrogens with zero attached hydrogens (tertiary/aromatic N) is 2. The highest BCUT2D eigenvalue weighted by Gasteiger charge is 2.36. The number of rotatable bonds is 4. The molecule has 0 bridgehead atoms. The van der Waals surface area contributed by atoms with Gasteiger partial charge in [-0.2, -0.15) is 4.31 Å². The highest BCUT2D eigenvalue weighted by Crippen LogP contribution is 2.31. The summed E-state index contributed by atoms with van der Waals surface area (Å²) >= 11 is 0. The third-order valence-electron chi connectivity index (χ3n) is 4.99. The molecule has 2 fully saturated rings. The number of amides is 1. The van der Waals surface area contributed by atoms with Crippen molar-refractivity contribution in [2.45, 2.75) is 24.7 Å². The lowest BCUT2D eigenvalue weighted by molar-refractivity contribution is -0.140. The molecule has 144 valence electrons. The molecule has 1 aromatic rings. The molecule has 2 saturated heterocycles. The van der Waals surface area contributed by atoms with Crippen molar-refractivity contribution in [2.75, 3.05) is 46.5 Å². The summed E-state index contributed by atoms with van der Waals surface area (Å²) in [7, 11) is -2.25. The molecular weight excluding hydrogens is 356 g/mol. The van der Waals surface area contributed by atoms with Crippen LogP contribution >= 0.6 is 0 Å². The van der Waals surface area contributed by atoms with Crippen molar-refractivity contribution in [2.24, 2.45) is 5.92 Å². The number of morpholine rings is 1. The predicted octanol–water partition coefficient (Wildman–Crippen LogP) is 1.26. The second kappa shape index (κ2) is 7.94. The van der Waals surface area contributed by atoms with Crippen LogP contribution < -0.4 is 4.74 Å². The first kappa shape index (κ1) is 19.1. The van der Waals surface area contributed by atoms with Gasteiger partial charge in [0.05, 0.1) is 26.2 Å². The van der Waals surface area contributed by atoms with Gasteiger partial charge < -0.3 is 14.4 Å². The van der Waals surface area contributed by atoms with Crippen molar-refractivity contribution in [3.8, 4) is 5.75 Å². The molecule has 1 atom stereocenters. The van der Waals surface area contributed by atoms with Crippen LogP contribution in [0.15, 0.2) is 23.1 Å². The highest BCUT2D eigenvalue weighted by molar-refractivity contribution is 7.89. The summed E-state index contributed by atoms with van der Waals surface area (Å²) in [6.45, 7) is 4.73.